The van der Waals surface area contributed by atoms with Gasteiger partial charge >= 0.3 is 0 Å². The molecule has 0 aliphatic heterocycles. The summed E-state index contributed by atoms with van der Waals surface area (Å²) in [7, 11) is -2.13. The van der Waals surface area contributed by atoms with E-state index in [9.17, 15) is 13.2 Å². The summed E-state index contributed by atoms with van der Waals surface area (Å²) in [6.07, 6.45) is 1.11. The Kier molecular flexibility index (Phi) is 6.02. The molecule has 0 saturated carbocycles. The molecule has 2 rings (SSSR count). The SMILES string of the molecule is CNS(=O)(=O)c1nc(CCc2ccc(C(N)N(N)C=O)cc2)cs1. The van der Waals surface area contributed by atoms with Crippen molar-refractivity contribution in [2.24, 2.45) is 11.6 Å². The molecule has 0 bridgehead atoms. The molecule has 1 aromatic heterocycles. The number of hydrogen-bond donors (Lipinski definition) is 3. The fourth-order valence-corrected chi connectivity index (χ4v) is 3.90. The molecule has 1 heterocycles. The molecule has 2 aromatic rings. The third kappa shape index (κ3) is 4.36. The number of benzene rings is 1. The molecule has 1 aromatic carbocycles. The highest BCUT2D eigenvalue weighted by Gasteiger charge is 2.16. The quantitative estimate of drug-likeness (QED) is 0.199. The number of sulfonamides is 1. The van der Waals surface area contributed by atoms with Gasteiger partial charge in [0.15, 0.2) is 0 Å². The minimum Gasteiger partial charge on any atom is -0.306 e. The van der Waals surface area contributed by atoms with Crippen LogP contribution in [-0.2, 0) is 27.7 Å². The Balaban J connectivity index is 1.99. The lowest BCUT2D eigenvalue weighted by Gasteiger charge is -2.19. The van der Waals surface area contributed by atoms with Gasteiger partial charge in [-0.1, -0.05) is 24.3 Å². The summed E-state index contributed by atoms with van der Waals surface area (Å²) in [4.78, 5) is 14.7. The lowest BCUT2D eigenvalue weighted by Crippen LogP contribution is -2.38. The molecule has 1 unspecified atom stereocenters. The van der Waals surface area contributed by atoms with Crippen molar-refractivity contribution < 1.29 is 13.2 Å². The van der Waals surface area contributed by atoms with Crippen molar-refractivity contribution in [2.45, 2.75) is 23.3 Å². The van der Waals surface area contributed by atoms with E-state index in [1.165, 1.54) is 7.05 Å². The monoisotopic (exact) mass is 369 g/mol. The third-order valence-corrected chi connectivity index (χ3v) is 6.18. The summed E-state index contributed by atoms with van der Waals surface area (Å²) in [5.74, 6) is 5.45. The van der Waals surface area contributed by atoms with Crippen molar-refractivity contribution in [2.75, 3.05) is 7.05 Å². The van der Waals surface area contributed by atoms with Crippen molar-refractivity contribution >= 4 is 27.8 Å². The van der Waals surface area contributed by atoms with Crippen molar-refractivity contribution in [3.63, 3.8) is 0 Å². The molecular weight excluding hydrogens is 350 g/mol. The fourth-order valence-electron chi connectivity index (χ4n) is 2.01. The summed E-state index contributed by atoms with van der Waals surface area (Å²) in [6.45, 7) is 0. The van der Waals surface area contributed by atoms with Gasteiger partial charge in [-0.2, -0.15) is 0 Å². The van der Waals surface area contributed by atoms with Crippen LogP contribution in [0.5, 0.6) is 0 Å². The maximum atomic E-state index is 11.7. The maximum absolute atomic E-state index is 11.7. The third-order valence-electron chi connectivity index (χ3n) is 3.46. The topological polar surface area (TPSA) is 131 Å². The highest BCUT2D eigenvalue weighted by molar-refractivity contribution is 7.91. The highest BCUT2D eigenvalue weighted by Crippen LogP contribution is 2.18. The van der Waals surface area contributed by atoms with E-state index in [0.29, 0.717) is 19.3 Å². The van der Waals surface area contributed by atoms with Crippen LogP contribution in [0.25, 0.3) is 0 Å². The van der Waals surface area contributed by atoms with Gasteiger partial charge in [0.2, 0.25) is 10.7 Å². The van der Waals surface area contributed by atoms with Gasteiger partial charge in [0.1, 0.15) is 6.17 Å². The van der Waals surface area contributed by atoms with E-state index in [1.54, 1.807) is 17.5 Å². The van der Waals surface area contributed by atoms with Gasteiger partial charge in [-0.3, -0.25) is 9.80 Å². The molecule has 8 nitrogen and oxygen atoms in total. The van der Waals surface area contributed by atoms with Gasteiger partial charge in [-0.25, -0.2) is 24.0 Å². The zero-order valence-electron chi connectivity index (χ0n) is 13.0. The molecule has 0 fully saturated rings. The number of amides is 1. The van der Waals surface area contributed by atoms with Crippen molar-refractivity contribution in [1.29, 1.82) is 0 Å². The van der Waals surface area contributed by atoms with Crippen LogP contribution in [0.3, 0.4) is 0 Å². The van der Waals surface area contributed by atoms with Gasteiger partial charge in [0, 0.05) is 5.38 Å². The van der Waals surface area contributed by atoms with Crippen molar-refractivity contribution in [3.8, 4) is 0 Å². The second-order valence-electron chi connectivity index (χ2n) is 5.05. The van der Waals surface area contributed by atoms with E-state index >= 15 is 0 Å². The molecule has 0 spiro atoms. The van der Waals surface area contributed by atoms with E-state index < -0.39 is 16.2 Å². The first kappa shape index (κ1) is 18.5. The summed E-state index contributed by atoms with van der Waals surface area (Å²) in [6, 6.07) is 7.40. The average molecular weight is 369 g/mol. The number of carbonyl (C=O) groups excluding carboxylic acids is 1. The Morgan fingerprint density at radius 1 is 1.33 bits per heavy atom. The normalized spacial score (nSPS) is 12.8. The number of thiazole rings is 1. The predicted octanol–water partition coefficient (Wildman–Crippen LogP) is 0.126. The Labute approximate surface area is 144 Å². The molecule has 0 aliphatic rings. The lowest BCUT2D eigenvalue weighted by molar-refractivity contribution is -0.120. The first-order chi connectivity index (χ1) is 11.4. The number of aromatic nitrogens is 1. The Morgan fingerprint density at radius 3 is 2.58 bits per heavy atom. The molecular formula is C14H19N5O3S2. The second kappa shape index (κ2) is 7.81. The van der Waals surface area contributed by atoms with E-state index in [0.717, 1.165) is 33.2 Å². The molecule has 0 saturated heterocycles. The summed E-state index contributed by atoms with van der Waals surface area (Å²) in [5.41, 5.74) is 8.32. The number of rotatable bonds is 8. The van der Waals surface area contributed by atoms with E-state index in [2.05, 4.69) is 9.71 Å². The number of hydrogen-bond acceptors (Lipinski definition) is 7. The van der Waals surface area contributed by atoms with Gasteiger partial charge in [0.25, 0.3) is 10.0 Å². The number of aryl methyl sites for hydroxylation is 2. The van der Waals surface area contributed by atoms with Gasteiger partial charge in [0.05, 0.1) is 5.69 Å². The predicted molar refractivity (Wildman–Crippen MR) is 91.2 cm³/mol. The van der Waals surface area contributed by atoms with Crippen LogP contribution in [0.4, 0.5) is 0 Å². The zero-order chi connectivity index (χ0) is 17.7. The first-order valence-electron chi connectivity index (χ1n) is 7.08. The van der Waals surface area contributed by atoms with Gasteiger partial charge in [-0.15, -0.1) is 11.3 Å². The largest absolute Gasteiger partial charge is 0.306 e. The number of nitrogens with zero attached hydrogens (tertiary/aromatic N) is 2. The average Bonchev–Trinajstić information content (AvgIpc) is 3.09. The van der Waals surface area contributed by atoms with Crippen LogP contribution < -0.4 is 16.3 Å². The van der Waals surface area contributed by atoms with Crippen LogP contribution in [0.1, 0.15) is 23.0 Å². The number of nitrogens with two attached hydrogens (primary N) is 2. The highest BCUT2D eigenvalue weighted by atomic mass is 32.2. The molecule has 1 amide bonds. The minimum absolute atomic E-state index is 0.0678. The van der Waals surface area contributed by atoms with E-state index in [1.807, 2.05) is 12.1 Å². The Bertz CT molecular complexity index is 789. The van der Waals surface area contributed by atoms with Gasteiger partial charge < -0.3 is 5.73 Å². The first-order valence-corrected chi connectivity index (χ1v) is 9.44. The zero-order valence-corrected chi connectivity index (χ0v) is 14.7. The van der Waals surface area contributed by atoms with Crippen LogP contribution in [-0.4, -0.2) is 31.9 Å². The van der Waals surface area contributed by atoms with Crippen molar-refractivity contribution in [3.05, 3.63) is 46.5 Å². The minimum atomic E-state index is -3.49. The van der Waals surface area contributed by atoms with Gasteiger partial charge in [-0.05, 0) is 31.0 Å². The lowest BCUT2D eigenvalue weighted by atomic mass is 10.1. The molecule has 5 N–H and O–H groups in total. The second-order valence-corrected chi connectivity index (χ2v) is 7.97. The Hall–Kier alpha value is -1.85. The smallest absolute Gasteiger partial charge is 0.267 e. The molecule has 1 atom stereocenters. The number of hydrazine groups is 1. The Morgan fingerprint density at radius 2 is 2.00 bits per heavy atom. The van der Waals surface area contributed by atoms with E-state index in [-0.39, 0.29) is 4.34 Å². The summed E-state index contributed by atoms with van der Waals surface area (Å²) < 4.78 is 25.6. The standard InChI is InChI=1S/C14H19N5O3S2/c1-17-24(21,22)14-18-12(8-23-14)7-4-10-2-5-11(6-3-10)13(15)19(16)9-20/h2-3,5-6,8-9,13,17H,4,7,15-16H2,1H3. The van der Waals surface area contributed by atoms with Crippen LogP contribution in [0, 0.1) is 0 Å². The number of nitrogens with one attached hydrogen (secondary N) is 1. The molecule has 130 valence electrons. The summed E-state index contributed by atoms with van der Waals surface area (Å²) in [5, 5.41) is 2.64. The van der Waals surface area contributed by atoms with E-state index in [4.69, 9.17) is 11.6 Å². The maximum Gasteiger partial charge on any atom is 0.267 e. The number of carbonyl (C=O) groups is 1. The van der Waals surface area contributed by atoms with Crippen LogP contribution >= 0.6 is 11.3 Å². The summed E-state index contributed by atoms with van der Waals surface area (Å²) >= 11 is 1.10. The molecule has 10 heteroatoms. The fraction of sp³-hybridized carbons (Fsp3) is 0.286. The van der Waals surface area contributed by atoms with Crippen LogP contribution in [0.2, 0.25) is 0 Å². The molecule has 0 radical (unpaired) electrons. The molecule has 24 heavy (non-hydrogen) atoms. The molecule has 0 aliphatic carbocycles. The van der Waals surface area contributed by atoms with Crippen molar-refractivity contribution in [1.82, 2.24) is 14.7 Å². The van der Waals surface area contributed by atoms with Crippen LogP contribution in [0.15, 0.2) is 34.0 Å².